The Morgan fingerprint density at radius 2 is 2.24 bits per heavy atom. The fraction of sp³-hybridized carbons (Fsp3) is 0.692. The molecule has 0 amide bonds. The summed E-state index contributed by atoms with van der Waals surface area (Å²) in [6, 6.07) is 0. The summed E-state index contributed by atoms with van der Waals surface area (Å²) in [5.41, 5.74) is 0.999. The summed E-state index contributed by atoms with van der Waals surface area (Å²) in [5, 5.41) is 13.0. The van der Waals surface area contributed by atoms with E-state index < -0.39 is 0 Å². The van der Waals surface area contributed by atoms with Crippen LogP contribution in [0.1, 0.15) is 33.6 Å². The summed E-state index contributed by atoms with van der Waals surface area (Å²) in [6.07, 6.45) is 7.76. The maximum absolute atomic E-state index is 9.41. The summed E-state index contributed by atoms with van der Waals surface area (Å²) >= 11 is 0. The molecule has 92 valence electrons. The van der Waals surface area contributed by atoms with Crippen molar-refractivity contribution in [1.29, 1.82) is 0 Å². The molecule has 0 saturated heterocycles. The average molecular weight is 233 g/mol. The predicted octanol–water partition coefficient (Wildman–Crippen LogP) is 2.49. The second-order valence-electron chi connectivity index (χ2n) is 6.24. The third-order valence-corrected chi connectivity index (χ3v) is 5.18. The van der Waals surface area contributed by atoms with Crippen molar-refractivity contribution in [3.63, 3.8) is 0 Å². The van der Waals surface area contributed by atoms with Gasteiger partial charge in [0.15, 0.2) is 0 Å². The predicted molar refractivity (Wildman–Crippen MR) is 65.1 cm³/mol. The van der Waals surface area contributed by atoms with Gasteiger partial charge in [-0.1, -0.05) is 19.0 Å². The lowest BCUT2D eigenvalue weighted by molar-refractivity contribution is -0.0332. The van der Waals surface area contributed by atoms with E-state index in [-0.39, 0.29) is 11.0 Å². The Labute approximate surface area is 101 Å². The van der Waals surface area contributed by atoms with Crippen LogP contribution in [-0.2, 0) is 5.54 Å². The van der Waals surface area contributed by atoms with Crippen LogP contribution in [0.15, 0.2) is 23.9 Å². The zero-order valence-electron chi connectivity index (χ0n) is 10.6. The van der Waals surface area contributed by atoms with Crippen LogP contribution in [0.25, 0.3) is 0 Å². The highest BCUT2D eigenvalue weighted by molar-refractivity contribution is 5.96. The van der Waals surface area contributed by atoms with Crippen LogP contribution in [-0.4, -0.2) is 20.5 Å². The van der Waals surface area contributed by atoms with Gasteiger partial charge in [-0.2, -0.15) is 0 Å². The highest BCUT2D eigenvalue weighted by Gasteiger charge is 2.61. The van der Waals surface area contributed by atoms with Crippen LogP contribution in [0, 0.1) is 17.3 Å². The molecule has 3 unspecified atom stereocenters. The molecule has 1 heterocycles. The summed E-state index contributed by atoms with van der Waals surface area (Å²) in [7, 11) is 0. The summed E-state index contributed by atoms with van der Waals surface area (Å²) in [5.74, 6) is 1.11. The van der Waals surface area contributed by atoms with Gasteiger partial charge in [0.1, 0.15) is 0 Å². The van der Waals surface area contributed by atoms with E-state index in [0.29, 0.717) is 11.8 Å². The average Bonchev–Trinajstić information content (AvgIpc) is 2.82. The van der Waals surface area contributed by atoms with Crippen LogP contribution in [0.5, 0.6) is 0 Å². The van der Waals surface area contributed by atoms with Crippen molar-refractivity contribution in [3.05, 3.63) is 18.7 Å². The van der Waals surface area contributed by atoms with Gasteiger partial charge in [-0.15, -0.1) is 0 Å². The number of hydrogen-bond donors (Lipinski definition) is 1. The first-order valence-electron chi connectivity index (χ1n) is 6.21. The second-order valence-corrected chi connectivity index (χ2v) is 6.24. The zero-order chi connectivity index (χ0) is 12.3. The minimum atomic E-state index is -0.200. The van der Waals surface area contributed by atoms with E-state index in [1.165, 1.54) is 0 Å². The molecule has 3 atom stereocenters. The lowest BCUT2D eigenvalue weighted by Gasteiger charge is -2.62. The maximum Gasteiger partial charge on any atom is 0.0954 e. The largest absolute Gasteiger partial charge is 0.411 e. The lowest BCUT2D eigenvalue weighted by atomic mass is 9.44. The van der Waals surface area contributed by atoms with E-state index in [1.807, 2.05) is 12.5 Å². The fourth-order valence-electron chi connectivity index (χ4n) is 3.75. The molecule has 0 radical (unpaired) electrons. The Morgan fingerprint density at radius 3 is 2.76 bits per heavy atom. The first-order valence-corrected chi connectivity index (χ1v) is 6.21. The van der Waals surface area contributed by atoms with Gasteiger partial charge in [-0.05, 0) is 31.1 Å². The fourth-order valence-corrected chi connectivity index (χ4v) is 3.75. The molecule has 17 heavy (non-hydrogen) atoms. The SMILES string of the molecule is CC1(C)C2CC1C(=NO)C(C)(n1ccnc1)C2. The van der Waals surface area contributed by atoms with Crippen molar-refractivity contribution < 1.29 is 5.21 Å². The van der Waals surface area contributed by atoms with E-state index in [4.69, 9.17) is 0 Å². The van der Waals surface area contributed by atoms with Gasteiger partial charge in [0.05, 0.1) is 17.6 Å². The number of hydrogen-bond acceptors (Lipinski definition) is 3. The first kappa shape index (κ1) is 10.8. The monoisotopic (exact) mass is 233 g/mol. The summed E-state index contributed by atoms with van der Waals surface area (Å²) in [6.45, 7) is 6.72. The molecule has 3 aliphatic rings. The summed E-state index contributed by atoms with van der Waals surface area (Å²) in [4.78, 5) is 4.11. The number of nitrogens with zero attached hydrogens (tertiary/aromatic N) is 3. The van der Waals surface area contributed by atoms with E-state index >= 15 is 0 Å². The third kappa shape index (κ3) is 1.18. The molecule has 1 aromatic rings. The Kier molecular flexibility index (Phi) is 1.98. The van der Waals surface area contributed by atoms with Gasteiger partial charge >= 0.3 is 0 Å². The Hall–Kier alpha value is -1.32. The van der Waals surface area contributed by atoms with E-state index in [2.05, 4.69) is 35.5 Å². The number of oxime groups is 1. The lowest BCUT2D eigenvalue weighted by Crippen LogP contribution is -2.63. The second kappa shape index (κ2) is 3.12. The van der Waals surface area contributed by atoms with Crippen LogP contribution in [0.3, 0.4) is 0 Å². The van der Waals surface area contributed by atoms with Gasteiger partial charge in [0, 0.05) is 18.3 Å². The first-order chi connectivity index (χ1) is 8.00. The zero-order valence-corrected chi connectivity index (χ0v) is 10.6. The minimum absolute atomic E-state index is 0.200. The normalized spacial score (nSPS) is 41.2. The molecule has 0 spiro atoms. The van der Waals surface area contributed by atoms with Crippen LogP contribution in [0.2, 0.25) is 0 Å². The molecule has 4 nitrogen and oxygen atoms in total. The third-order valence-electron chi connectivity index (χ3n) is 5.18. The van der Waals surface area contributed by atoms with Crippen LogP contribution in [0.4, 0.5) is 0 Å². The topological polar surface area (TPSA) is 50.4 Å². The van der Waals surface area contributed by atoms with E-state index in [1.54, 1.807) is 6.20 Å². The Balaban J connectivity index is 2.05. The highest BCUT2D eigenvalue weighted by atomic mass is 16.4. The van der Waals surface area contributed by atoms with Crippen molar-refractivity contribution >= 4 is 5.71 Å². The maximum atomic E-state index is 9.41. The van der Waals surface area contributed by atoms with Crippen LogP contribution >= 0.6 is 0 Å². The molecule has 3 fully saturated rings. The van der Waals surface area contributed by atoms with Crippen molar-refractivity contribution in [2.45, 2.75) is 39.2 Å². The molecule has 1 aromatic heterocycles. The smallest absolute Gasteiger partial charge is 0.0954 e. The number of aromatic nitrogens is 2. The molecule has 3 saturated carbocycles. The molecule has 3 aliphatic carbocycles. The van der Waals surface area contributed by atoms with Gasteiger partial charge < -0.3 is 9.77 Å². The van der Waals surface area contributed by atoms with Crippen molar-refractivity contribution in [1.82, 2.24) is 9.55 Å². The molecule has 4 rings (SSSR count). The molecule has 2 bridgehead atoms. The molecular weight excluding hydrogens is 214 g/mol. The number of fused-ring (bicyclic) bond motifs is 2. The Bertz CT molecular complexity index is 463. The van der Waals surface area contributed by atoms with Crippen molar-refractivity contribution in [2.75, 3.05) is 0 Å². The van der Waals surface area contributed by atoms with Crippen molar-refractivity contribution in [3.8, 4) is 0 Å². The molecule has 0 aromatic carbocycles. The number of imidazole rings is 1. The molecule has 0 aliphatic heterocycles. The van der Waals surface area contributed by atoms with Gasteiger partial charge in [-0.25, -0.2) is 4.98 Å². The quantitative estimate of drug-likeness (QED) is 0.598. The van der Waals surface area contributed by atoms with Crippen LogP contribution < -0.4 is 0 Å². The van der Waals surface area contributed by atoms with E-state index in [9.17, 15) is 5.21 Å². The van der Waals surface area contributed by atoms with E-state index in [0.717, 1.165) is 18.6 Å². The van der Waals surface area contributed by atoms with Gasteiger partial charge in [-0.3, -0.25) is 0 Å². The standard InChI is InChI=1S/C13H19N3O/c1-12(2)9-6-10(12)11(15-17)13(3,7-9)16-5-4-14-8-16/h4-5,8-10,17H,6-7H2,1-3H3. The summed E-state index contributed by atoms with van der Waals surface area (Å²) < 4.78 is 2.08. The minimum Gasteiger partial charge on any atom is -0.411 e. The Morgan fingerprint density at radius 1 is 1.47 bits per heavy atom. The molecule has 1 N–H and O–H groups in total. The number of rotatable bonds is 1. The molecule has 4 heteroatoms. The van der Waals surface area contributed by atoms with Crippen molar-refractivity contribution in [2.24, 2.45) is 22.4 Å². The molecular formula is C13H19N3O. The van der Waals surface area contributed by atoms with Gasteiger partial charge in [0.2, 0.25) is 0 Å². The highest BCUT2D eigenvalue weighted by Crippen LogP contribution is 2.61. The van der Waals surface area contributed by atoms with Gasteiger partial charge in [0.25, 0.3) is 0 Å².